The summed E-state index contributed by atoms with van der Waals surface area (Å²) in [5.41, 5.74) is 1.15. The van der Waals surface area contributed by atoms with E-state index in [2.05, 4.69) is 26.2 Å². The van der Waals surface area contributed by atoms with Crippen molar-refractivity contribution >= 4 is 11.8 Å². The minimum Gasteiger partial charge on any atom is -0.379 e. The SMILES string of the molecule is N#Cc1cccc(Sc2nnc(-c3ccc(F)cc3)n2CCN2CCOCC2)n1. The van der Waals surface area contributed by atoms with Gasteiger partial charge in [-0.25, -0.2) is 9.37 Å². The summed E-state index contributed by atoms with van der Waals surface area (Å²) in [6.07, 6.45) is 0. The van der Waals surface area contributed by atoms with E-state index in [1.165, 1.54) is 23.9 Å². The summed E-state index contributed by atoms with van der Waals surface area (Å²) in [7, 11) is 0. The van der Waals surface area contributed by atoms with Crippen LogP contribution in [-0.2, 0) is 11.3 Å². The number of morpholine rings is 1. The fraction of sp³-hybridized carbons (Fsp3) is 0.300. The lowest BCUT2D eigenvalue weighted by atomic mass is 10.2. The first-order valence-electron chi connectivity index (χ1n) is 9.27. The van der Waals surface area contributed by atoms with E-state index in [0.29, 0.717) is 28.2 Å². The molecular weight excluding hydrogens is 391 g/mol. The third-order valence-corrected chi connectivity index (χ3v) is 5.52. The Morgan fingerprint density at radius 2 is 1.86 bits per heavy atom. The smallest absolute Gasteiger partial charge is 0.197 e. The van der Waals surface area contributed by atoms with Gasteiger partial charge in [-0.05, 0) is 48.2 Å². The predicted molar refractivity (Wildman–Crippen MR) is 106 cm³/mol. The first-order chi connectivity index (χ1) is 14.2. The maximum atomic E-state index is 13.4. The Bertz CT molecular complexity index is 1010. The maximum Gasteiger partial charge on any atom is 0.197 e. The van der Waals surface area contributed by atoms with Gasteiger partial charge in [0.2, 0.25) is 0 Å². The van der Waals surface area contributed by atoms with Gasteiger partial charge in [-0.15, -0.1) is 10.2 Å². The van der Waals surface area contributed by atoms with Crippen LogP contribution in [0.3, 0.4) is 0 Å². The number of ether oxygens (including phenoxy) is 1. The highest BCUT2D eigenvalue weighted by Gasteiger charge is 2.18. The Labute approximate surface area is 172 Å². The average molecular weight is 410 g/mol. The highest BCUT2D eigenvalue weighted by Crippen LogP contribution is 2.28. The predicted octanol–water partition coefficient (Wildman–Crippen LogP) is 2.83. The molecule has 3 heterocycles. The Hall–Kier alpha value is -2.80. The van der Waals surface area contributed by atoms with Crippen LogP contribution in [0.1, 0.15) is 5.69 Å². The molecule has 0 amide bonds. The molecule has 0 saturated carbocycles. The molecule has 0 N–H and O–H groups in total. The summed E-state index contributed by atoms with van der Waals surface area (Å²) in [5.74, 6) is 0.387. The molecule has 1 saturated heterocycles. The molecule has 1 aliphatic rings. The lowest BCUT2D eigenvalue weighted by Crippen LogP contribution is -2.38. The van der Waals surface area contributed by atoms with Gasteiger partial charge in [0.05, 0.1) is 13.2 Å². The van der Waals surface area contributed by atoms with E-state index in [1.807, 2.05) is 10.6 Å². The van der Waals surface area contributed by atoms with Gasteiger partial charge >= 0.3 is 0 Å². The third kappa shape index (κ3) is 4.79. The van der Waals surface area contributed by atoms with Crippen LogP contribution in [0.25, 0.3) is 11.4 Å². The zero-order chi connectivity index (χ0) is 20.1. The van der Waals surface area contributed by atoms with E-state index in [1.54, 1.807) is 24.3 Å². The molecule has 0 spiro atoms. The van der Waals surface area contributed by atoms with Crippen LogP contribution in [-0.4, -0.2) is 57.5 Å². The first kappa shape index (κ1) is 19.5. The zero-order valence-electron chi connectivity index (χ0n) is 15.7. The Morgan fingerprint density at radius 1 is 1.07 bits per heavy atom. The van der Waals surface area contributed by atoms with Gasteiger partial charge in [-0.1, -0.05) is 6.07 Å². The van der Waals surface area contributed by atoms with E-state index in [4.69, 9.17) is 10.00 Å². The number of hydrogen-bond acceptors (Lipinski definition) is 7. The van der Waals surface area contributed by atoms with Crippen LogP contribution in [0.15, 0.2) is 52.6 Å². The number of nitrogens with zero attached hydrogens (tertiary/aromatic N) is 6. The second-order valence-corrected chi connectivity index (χ2v) is 7.48. The van der Waals surface area contributed by atoms with Crippen molar-refractivity contribution in [2.45, 2.75) is 16.7 Å². The first-order valence-corrected chi connectivity index (χ1v) is 10.1. The lowest BCUT2D eigenvalue weighted by Gasteiger charge is -2.27. The van der Waals surface area contributed by atoms with Crippen LogP contribution in [0, 0.1) is 17.1 Å². The van der Waals surface area contributed by atoms with Gasteiger partial charge in [0, 0.05) is 31.7 Å². The van der Waals surface area contributed by atoms with Gasteiger partial charge in [0.1, 0.15) is 22.6 Å². The zero-order valence-corrected chi connectivity index (χ0v) is 16.5. The van der Waals surface area contributed by atoms with Crippen molar-refractivity contribution in [3.05, 3.63) is 54.0 Å². The van der Waals surface area contributed by atoms with Crippen molar-refractivity contribution in [3.63, 3.8) is 0 Å². The van der Waals surface area contributed by atoms with Crippen molar-refractivity contribution < 1.29 is 9.13 Å². The van der Waals surface area contributed by atoms with Gasteiger partial charge in [0.15, 0.2) is 11.0 Å². The standard InChI is InChI=1S/C20H19FN6OS/c21-16-6-4-15(5-7-16)19-24-25-20(29-18-3-1-2-17(14-22)23-18)27(19)9-8-26-10-12-28-13-11-26/h1-7H,8-13H2. The van der Waals surface area contributed by atoms with Crippen molar-refractivity contribution in [1.29, 1.82) is 5.26 Å². The number of halogens is 1. The number of hydrogen-bond donors (Lipinski definition) is 0. The molecular formula is C20H19FN6OS. The summed E-state index contributed by atoms with van der Waals surface area (Å²) in [4.78, 5) is 6.65. The minimum absolute atomic E-state index is 0.291. The van der Waals surface area contributed by atoms with E-state index >= 15 is 0 Å². The van der Waals surface area contributed by atoms with Crippen LogP contribution in [0.2, 0.25) is 0 Å². The molecule has 1 fully saturated rings. The van der Waals surface area contributed by atoms with Gasteiger partial charge in [-0.3, -0.25) is 4.90 Å². The van der Waals surface area contributed by atoms with Gasteiger partial charge in [-0.2, -0.15) is 5.26 Å². The van der Waals surface area contributed by atoms with Crippen LogP contribution < -0.4 is 0 Å². The summed E-state index contributed by atoms with van der Waals surface area (Å²) < 4.78 is 20.8. The monoisotopic (exact) mass is 410 g/mol. The number of nitriles is 1. The lowest BCUT2D eigenvalue weighted by molar-refractivity contribution is 0.0361. The fourth-order valence-electron chi connectivity index (χ4n) is 3.07. The van der Waals surface area contributed by atoms with E-state index in [-0.39, 0.29) is 5.82 Å². The number of pyridine rings is 1. The molecule has 29 heavy (non-hydrogen) atoms. The second kappa shape index (κ2) is 9.13. The van der Waals surface area contributed by atoms with Crippen molar-refractivity contribution in [2.75, 3.05) is 32.8 Å². The van der Waals surface area contributed by atoms with Crippen LogP contribution >= 0.6 is 11.8 Å². The number of rotatable bonds is 6. The molecule has 1 aromatic carbocycles. The fourth-order valence-corrected chi connectivity index (χ4v) is 3.92. The molecule has 7 nitrogen and oxygen atoms in total. The Morgan fingerprint density at radius 3 is 2.62 bits per heavy atom. The maximum absolute atomic E-state index is 13.4. The molecule has 0 radical (unpaired) electrons. The largest absolute Gasteiger partial charge is 0.379 e. The van der Waals surface area contributed by atoms with E-state index in [9.17, 15) is 4.39 Å². The molecule has 0 unspecified atom stereocenters. The Kier molecular flexibility index (Phi) is 6.14. The van der Waals surface area contributed by atoms with Crippen molar-refractivity contribution in [1.82, 2.24) is 24.6 Å². The molecule has 4 rings (SSSR count). The summed E-state index contributed by atoms with van der Waals surface area (Å²) >= 11 is 1.36. The summed E-state index contributed by atoms with van der Waals surface area (Å²) in [6, 6.07) is 13.6. The van der Waals surface area contributed by atoms with E-state index < -0.39 is 0 Å². The number of benzene rings is 1. The molecule has 0 aliphatic carbocycles. The topological polar surface area (TPSA) is 79.9 Å². The summed E-state index contributed by atoms with van der Waals surface area (Å²) in [5, 5.41) is 19.1. The van der Waals surface area contributed by atoms with E-state index in [0.717, 1.165) is 38.4 Å². The van der Waals surface area contributed by atoms with Gasteiger partial charge < -0.3 is 9.30 Å². The average Bonchev–Trinajstić information content (AvgIpc) is 3.16. The quantitative estimate of drug-likeness (QED) is 0.618. The highest BCUT2D eigenvalue weighted by atomic mass is 32.2. The molecule has 1 aliphatic heterocycles. The normalized spacial score (nSPS) is 14.6. The third-order valence-electron chi connectivity index (χ3n) is 4.60. The minimum atomic E-state index is -0.291. The molecule has 148 valence electrons. The van der Waals surface area contributed by atoms with Crippen molar-refractivity contribution in [3.8, 4) is 17.5 Å². The van der Waals surface area contributed by atoms with Crippen LogP contribution in [0.5, 0.6) is 0 Å². The molecule has 3 aromatic rings. The second-order valence-electron chi connectivity index (χ2n) is 6.49. The molecule has 2 aromatic heterocycles. The molecule has 0 atom stereocenters. The molecule has 9 heteroatoms. The van der Waals surface area contributed by atoms with Gasteiger partial charge in [0.25, 0.3) is 0 Å². The van der Waals surface area contributed by atoms with Crippen LogP contribution in [0.4, 0.5) is 4.39 Å². The number of aromatic nitrogens is 4. The Balaban J connectivity index is 1.62. The summed E-state index contributed by atoms with van der Waals surface area (Å²) in [6.45, 7) is 4.76. The highest BCUT2D eigenvalue weighted by molar-refractivity contribution is 7.99. The molecule has 0 bridgehead atoms. The van der Waals surface area contributed by atoms with Crippen molar-refractivity contribution in [2.24, 2.45) is 0 Å².